The minimum atomic E-state index is -0.588. The lowest BCUT2D eigenvalue weighted by Gasteiger charge is -2.34. The summed E-state index contributed by atoms with van der Waals surface area (Å²) in [5.41, 5.74) is 21.9. The highest BCUT2D eigenvalue weighted by Gasteiger charge is 2.53. The van der Waals surface area contributed by atoms with Crippen molar-refractivity contribution < 1.29 is 0 Å². The molecule has 0 radical (unpaired) electrons. The molecule has 10 aromatic rings. The number of fused-ring (bicyclic) bond motifs is 15. The Hall–Kier alpha value is -7.94. The van der Waals surface area contributed by atoms with Crippen LogP contribution >= 0.6 is 0 Å². The molecule has 2 heteroatoms. The van der Waals surface area contributed by atoms with Crippen LogP contribution in [0.3, 0.4) is 0 Å². The van der Waals surface area contributed by atoms with Crippen LogP contribution in [-0.2, 0) is 10.8 Å². The molecule has 2 nitrogen and oxygen atoms in total. The molecule has 0 bridgehead atoms. The number of anilines is 6. The fraction of sp³-hybridized carbons (Fsp3) is 0.0645. The third-order valence-electron chi connectivity index (χ3n) is 14.4. The van der Waals surface area contributed by atoms with Crippen molar-refractivity contribution >= 4 is 44.9 Å². The second-order valence-corrected chi connectivity index (χ2v) is 18.0. The summed E-state index contributed by atoms with van der Waals surface area (Å²) in [5.74, 6) is 0. The lowest BCUT2D eigenvalue weighted by molar-refractivity contribution is 0.660. The van der Waals surface area contributed by atoms with E-state index in [4.69, 9.17) is 0 Å². The number of nitrogens with zero attached hydrogens (tertiary/aromatic N) is 2. The van der Waals surface area contributed by atoms with Crippen molar-refractivity contribution in [1.82, 2.24) is 0 Å². The van der Waals surface area contributed by atoms with Gasteiger partial charge in [-0.15, -0.1) is 0 Å². The molecule has 0 N–H and O–H groups in total. The fourth-order valence-corrected chi connectivity index (χ4v) is 11.7. The van der Waals surface area contributed by atoms with Crippen molar-refractivity contribution in [3.8, 4) is 33.4 Å². The van der Waals surface area contributed by atoms with Gasteiger partial charge in [0.15, 0.2) is 0 Å². The van der Waals surface area contributed by atoms with E-state index in [0.717, 1.165) is 34.1 Å². The zero-order valence-electron chi connectivity index (χ0n) is 35.8. The Balaban J connectivity index is 1.10. The molecule has 64 heavy (non-hydrogen) atoms. The van der Waals surface area contributed by atoms with E-state index in [2.05, 4.69) is 254 Å². The molecule has 1 atom stereocenters. The topological polar surface area (TPSA) is 6.48 Å². The van der Waals surface area contributed by atoms with Crippen LogP contribution in [0.25, 0.3) is 44.2 Å². The van der Waals surface area contributed by atoms with E-state index in [-0.39, 0.29) is 5.41 Å². The summed E-state index contributed by atoms with van der Waals surface area (Å²) < 4.78 is 0. The zero-order valence-corrected chi connectivity index (χ0v) is 35.8. The van der Waals surface area contributed by atoms with Crippen LogP contribution in [0.1, 0.15) is 47.2 Å². The summed E-state index contributed by atoms with van der Waals surface area (Å²) in [7, 11) is 0. The predicted molar refractivity (Wildman–Crippen MR) is 267 cm³/mol. The molecule has 10 aromatic carbocycles. The van der Waals surface area contributed by atoms with Gasteiger partial charge in [-0.1, -0.05) is 178 Å². The average molecular weight is 817 g/mol. The van der Waals surface area contributed by atoms with Crippen molar-refractivity contribution in [3.05, 3.63) is 264 Å². The van der Waals surface area contributed by atoms with Gasteiger partial charge < -0.3 is 9.80 Å². The first-order valence-corrected chi connectivity index (χ1v) is 22.4. The highest BCUT2D eigenvalue weighted by molar-refractivity contribution is 6.12. The van der Waals surface area contributed by atoms with Crippen LogP contribution in [0, 0.1) is 0 Å². The maximum Gasteiger partial charge on any atom is 0.0727 e. The van der Waals surface area contributed by atoms with E-state index < -0.39 is 5.41 Å². The summed E-state index contributed by atoms with van der Waals surface area (Å²) in [6.07, 6.45) is 0. The molecule has 3 aliphatic carbocycles. The van der Waals surface area contributed by atoms with Gasteiger partial charge in [-0.05, 0) is 139 Å². The summed E-state index contributed by atoms with van der Waals surface area (Å²) in [6.45, 7) is 4.71. The van der Waals surface area contributed by atoms with Crippen molar-refractivity contribution in [2.45, 2.75) is 24.7 Å². The van der Waals surface area contributed by atoms with E-state index >= 15 is 0 Å². The quantitative estimate of drug-likeness (QED) is 0.165. The van der Waals surface area contributed by atoms with Crippen molar-refractivity contribution in [3.63, 3.8) is 0 Å². The Morgan fingerprint density at radius 1 is 0.281 bits per heavy atom. The van der Waals surface area contributed by atoms with Gasteiger partial charge in [-0.3, -0.25) is 0 Å². The summed E-state index contributed by atoms with van der Waals surface area (Å²) >= 11 is 0. The maximum atomic E-state index is 2.53. The number of hydrogen-bond acceptors (Lipinski definition) is 2. The van der Waals surface area contributed by atoms with Gasteiger partial charge in [0.1, 0.15) is 0 Å². The van der Waals surface area contributed by atoms with E-state index in [0.29, 0.717) is 0 Å². The van der Waals surface area contributed by atoms with Gasteiger partial charge in [0.25, 0.3) is 0 Å². The van der Waals surface area contributed by atoms with E-state index in [1.807, 2.05) is 0 Å². The van der Waals surface area contributed by atoms with Crippen LogP contribution in [0.5, 0.6) is 0 Å². The van der Waals surface area contributed by atoms with Gasteiger partial charge in [0.2, 0.25) is 0 Å². The van der Waals surface area contributed by atoms with Gasteiger partial charge in [-0.2, -0.15) is 0 Å². The summed E-state index contributed by atoms with van der Waals surface area (Å²) in [5, 5.41) is 2.48. The monoisotopic (exact) mass is 816 g/mol. The Labute approximate surface area is 375 Å². The Kier molecular flexibility index (Phi) is 7.90. The third-order valence-corrected chi connectivity index (χ3v) is 14.4. The highest BCUT2D eigenvalue weighted by Crippen LogP contribution is 2.65. The number of para-hydroxylation sites is 3. The predicted octanol–water partition coefficient (Wildman–Crippen LogP) is 16.4. The summed E-state index contributed by atoms with van der Waals surface area (Å²) in [4.78, 5) is 4.91. The third kappa shape index (κ3) is 5.02. The first kappa shape index (κ1) is 36.7. The average Bonchev–Trinajstić information content (AvgIpc) is 3.91. The van der Waals surface area contributed by atoms with E-state index in [1.165, 1.54) is 77.5 Å². The molecule has 0 saturated carbocycles. The largest absolute Gasteiger partial charge is 0.310 e. The molecule has 0 saturated heterocycles. The minimum Gasteiger partial charge on any atom is -0.310 e. The molecule has 3 aliphatic rings. The molecular formula is C62H44N2. The molecule has 0 amide bonds. The normalized spacial score (nSPS) is 15.5. The van der Waals surface area contributed by atoms with Gasteiger partial charge in [-0.25, -0.2) is 0 Å². The summed E-state index contributed by atoms with van der Waals surface area (Å²) in [6, 6.07) is 85.8. The maximum absolute atomic E-state index is 2.53. The number of hydrogen-bond donors (Lipinski definition) is 0. The zero-order chi connectivity index (χ0) is 42.6. The van der Waals surface area contributed by atoms with Crippen molar-refractivity contribution in [1.29, 1.82) is 0 Å². The fourth-order valence-electron chi connectivity index (χ4n) is 11.7. The molecule has 302 valence electrons. The lowest BCUT2D eigenvalue weighted by Crippen LogP contribution is -2.26. The smallest absolute Gasteiger partial charge is 0.0727 e. The molecule has 1 unspecified atom stereocenters. The Morgan fingerprint density at radius 2 is 0.734 bits per heavy atom. The minimum absolute atomic E-state index is 0.0728. The van der Waals surface area contributed by atoms with Gasteiger partial charge in [0, 0.05) is 39.2 Å². The SMILES string of the molecule is CC1(C)c2ccccc2-c2cc(N(c3ccccc3)c3ccc4c(c3)C3(c5ccccc5-4)c4ccccc4-c4c3cc(N(c3ccccc3)c3ccccc3)c3ccccc43)ccc21. The molecule has 0 aliphatic heterocycles. The molecule has 1 spiro atoms. The highest BCUT2D eigenvalue weighted by atomic mass is 15.1. The van der Waals surface area contributed by atoms with Crippen LogP contribution in [0.4, 0.5) is 34.1 Å². The lowest BCUT2D eigenvalue weighted by atomic mass is 9.70. The number of benzene rings is 10. The van der Waals surface area contributed by atoms with Crippen molar-refractivity contribution in [2.75, 3.05) is 9.80 Å². The van der Waals surface area contributed by atoms with Crippen LogP contribution in [0.2, 0.25) is 0 Å². The van der Waals surface area contributed by atoms with Gasteiger partial charge >= 0.3 is 0 Å². The van der Waals surface area contributed by atoms with E-state index in [9.17, 15) is 0 Å². The standard InChI is InChI=1S/C62H44N2/c1-61(2)53-31-17-14-27-47(53)52-38-44(35-37-54(52)61)63(41-20-6-3-7-21-41)45-34-36-48-46-26-15-18-32-55(46)62(57(48)39-45)56-33-19-16-30-51(56)60-50-29-13-12-28-49(50)59(40-58(60)62)64(42-22-8-4-9-23-42)43-24-10-5-11-25-43/h3-40H,1-2H3. The first-order chi connectivity index (χ1) is 31.5. The Morgan fingerprint density at radius 3 is 1.39 bits per heavy atom. The molecular weight excluding hydrogens is 773 g/mol. The molecule has 0 heterocycles. The van der Waals surface area contributed by atoms with Crippen molar-refractivity contribution in [2.24, 2.45) is 0 Å². The van der Waals surface area contributed by atoms with Crippen LogP contribution < -0.4 is 9.80 Å². The first-order valence-electron chi connectivity index (χ1n) is 22.4. The second-order valence-electron chi connectivity index (χ2n) is 18.0. The second kappa shape index (κ2) is 13.8. The van der Waals surface area contributed by atoms with E-state index in [1.54, 1.807) is 0 Å². The van der Waals surface area contributed by atoms with Gasteiger partial charge in [0.05, 0.1) is 11.1 Å². The molecule has 13 rings (SSSR count). The van der Waals surface area contributed by atoms with Crippen LogP contribution in [-0.4, -0.2) is 0 Å². The molecule has 0 fully saturated rings. The Bertz CT molecular complexity index is 3440. The molecule has 0 aromatic heterocycles. The number of rotatable bonds is 6. The van der Waals surface area contributed by atoms with Crippen LogP contribution in [0.15, 0.2) is 231 Å².